The molecule has 0 atom stereocenters. The van der Waals surface area contributed by atoms with E-state index in [1.54, 1.807) is 6.07 Å². The molecule has 1 aromatic heterocycles. The van der Waals surface area contributed by atoms with Gasteiger partial charge >= 0.3 is 0 Å². The Labute approximate surface area is 82.2 Å². The third-order valence-electron chi connectivity index (χ3n) is 2.87. The first-order valence-electron chi connectivity index (χ1n) is 5.02. The SMILES string of the molecule is Cc1cc(F)c2ccn(C3CC3)c2c1. The summed E-state index contributed by atoms with van der Waals surface area (Å²) >= 11 is 0. The summed E-state index contributed by atoms with van der Waals surface area (Å²) in [6, 6.07) is 6.16. The lowest BCUT2D eigenvalue weighted by Gasteiger charge is -2.03. The van der Waals surface area contributed by atoms with Crippen molar-refractivity contribution in [2.75, 3.05) is 0 Å². The molecule has 0 aliphatic heterocycles. The average molecular weight is 189 g/mol. The van der Waals surface area contributed by atoms with Crippen LogP contribution in [0.3, 0.4) is 0 Å². The van der Waals surface area contributed by atoms with E-state index in [0.717, 1.165) is 16.5 Å². The molecule has 1 aliphatic rings. The van der Waals surface area contributed by atoms with Crippen LogP contribution < -0.4 is 0 Å². The summed E-state index contributed by atoms with van der Waals surface area (Å²) in [5.41, 5.74) is 2.04. The highest BCUT2D eigenvalue weighted by Gasteiger charge is 2.24. The Morgan fingerprint density at radius 2 is 2.14 bits per heavy atom. The minimum Gasteiger partial charge on any atom is -0.344 e. The second-order valence-corrected chi connectivity index (χ2v) is 4.13. The average Bonchev–Trinajstić information content (AvgIpc) is 2.87. The molecule has 1 saturated carbocycles. The van der Waals surface area contributed by atoms with Crippen molar-refractivity contribution >= 4 is 10.9 Å². The second-order valence-electron chi connectivity index (χ2n) is 4.13. The monoisotopic (exact) mass is 189 g/mol. The smallest absolute Gasteiger partial charge is 0.132 e. The highest BCUT2D eigenvalue weighted by molar-refractivity contribution is 5.81. The minimum atomic E-state index is -0.0978. The van der Waals surface area contributed by atoms with Gasteiger partial charge in [0.15, 0.2) is 0 Å². The first kappa shape index (κ1) is 8.04. The van der Waals surface area contributed by atoms with E-state index in [1.165, 1.54) is 12.8 Å². The maximum absolute atomic E-state index is 13.5. The zero-order valence-electron chi connectivity index (χ0n) is 8.13. The van der Waals surface area contributed by atoms with Crippen LogP contribution in [0.25, 0.3) is 10.9 Å². The van der Waals surface area contributed by atoms with Gasteiger partial charge in [-0.1, -0.05) is 0 Å². The molecule has 0 unspecified atom stereocenters. The number of rotatable bonds is 1. The molecule has 0 bridgehead atoms. The number of halogens is 1. The zero-order chi connectivity index (χ0) is 9.71. The van der Waals surface area contributed by atoms with Gasteiger partial charge in [0.1, 0.15) is 5.82 Å². The van der Waals surface area contributed by atoms with Gasteiger partial charge in [-0.05, 0) is 43.5 Å². The lowest BCUT2D eigenvalue weighted by molar-refractivity contribution is 0.638. The van der Waals surface area contributed by atoms with E-state index in [1.807, 2.05) is 19.2 Å². The Bertz CT molecular complexity index is 494. The van der Waals surface area contributed by atoms with Crippen molar-refractivity contribution in [3.05, 3.63) is 35.8 Å². The Balaban J connectivity index is 2.33. The van der Waals surface area contributed by atoms with Crippen molar-refractivity contribution in [2.24, 2.45) is 0 Å². The predicted octanol–water partition coefficient (Wildman–Crippen LogP) is 3.42. The lowest BCUT2D eigenvalue weighted by atomic mass is 10.2. The van der Waals surface area contributed by atoms with Crippen LogP contribution in [0.2, 0.25) is 0 Å². The summed E-state index contributed by atoms with van der Waals surface area (Å²) in [6.07, 6.45) is 4.48. The molecule has 72 valence electrons. The van der Waals surface area contributed by atoms with Crippen LogP contribution >= 0.6 is 0 Å². The van der Waals surface area contributed by atoms with Crippen LogP contribution in [0, 0.1) is 12.7 Å². The molecule has 0 amide bonds. The molecule has 0 radical (unpaired) electrons. The van der Waals surface area contributed by atoms with E-state index < -0.39 is 0 Å². The fraction of sp³-hybridized carbons (Fsp3) is 0.333. The Hall–Kier alpha value is -1.31. The number of aromatic nitrogens is 1. The van der Waals surface area contributed by atoms with Crippen molar-refractivity contribution in [3.63, 3.8) is 0 Å². The third kappa shape index (κ3) is 1.07. The number of hydrogen-bond acceptors (Lipinski definition) is 0. The summed E-state index contributed by atoms with van der Waals surface area (Å²) in [4.78, 5) is 0. The van der Waals surface area contributed by atoms with Crippen LogP contribution in [0.1, 0.15) is 24.4 Å². The van der Waals surface area contributed by atoms with Crippen molar-refractivity contribution in [3.8, 4) is 0 Å². The van der Waals surface area contributed by atoms with Gasteiger partial charge in [-0.15, -0.1) is 0 Å². The van der Waals surface area contributed by atoms with E-state index in [2.05, 4.69) is 10.6 Å². The molecule has 0 saturated heterocycles. The summed E-state index contributed by atoms with van der Waals surface area (Å²) in [7, 11) is 0. The standard InChI is InChI=1S/C12H12FN/c1-8-6-11(13)10-4-5-14(9-2-3-9)12(10)7-8/h4-7,9H,2-3H2,1H3. The molecule has 2 heteroatoms. The van der Waals surface area contributed by atoms with Crippen molar-refractivity contribution in [1.82, 2.24) is 4.57 Å². The highest BCUT2D eigenvalue weighted by atomic mass is 19.1. The fourth-order valence-electron chi connectivity index (χ4n) is 2.02. The Kier molecular flexibility index (Phi) is 1.49. The Morgan fingerprint density at radius 3 is 2.86 bits per heavy atom. The van der Waals surface area contributed by atoms with Crippen LogP contribution in [0.4, 0.5) is 4.39 Å². The van der Waals surface area contributed by atoms with Crippen LogP contribution in [-0.4, -0.2) is 4.57 Å². The largest absolute Gasteiger partial charge is 0.344 e. The first-order chi connectivity index (χ1) is 6.75. The van der Waals surface area contributed by atoms with Crippen molar-refractivity contribution < 1.29 is 4.39 Å². The molecule has 0 spiro atoms. The van der Waals surface area contributed by atoms with Gasteiger partial charge in [-0.25, -0.2) is 4.39 Å². The molecule has 1 aromatic carbocycles. The number of benzene rings is 1. The number of fused-ring (bicyclic) bond motifs is 1. The molecule has 1 fully saturated rings. The van der Waals surface area contributed by atoms with Crippen LogP contribution in [-0.2, 0) is 0 Å². The van der Waals surface area contributed by atoms with E-state index in [9.17, 15) is 4.39 Å². The third-order valence-corrected chi connectivity index (χ3v) is 2.87. The van der Waals surface area contributed by atoms with E-state index in [0.29, 0.717) is 6.04 Å². The van der Waals surface area contributed by atoms with E-state index in [-0.39, 0.29) is 5.82 Å². The number of hydrogen-bond donors (Lipinski definition) is 0. The molecule has 14 heavy (non-hydrogen) atoms. The molecule has 1 heterocycles. The topological polar surface area (TPSA) is 4.93 Å². The van der Waals surface area contributed by atoms with Crippen molar-refractivity contribution in [2.45, 2.75) is 25.8 Å². The maximum atomic E-state index is 13.5. The molecule has 2 aromatic rings. The van der Waals surface area contributed by atoms with Gasteiger partial charge in [0, 0.05) is 17.6 Å². The first-order valence-corrected chi connectivity index (χ1v) is 5.02. The van der Waals surface area contributed by atoms with E-state index in [4.69, 9.17) is 0 Å². The van der Waals surface area contributed by atoms with Gasteiger partial charge in [0.25, 0.3) is 0 Å². The normalized spacial score (nSPS) is 16.4. The molecule has 0 N–H and O–H groups in total. The molecular weight excluding hydrogens is 177 g/mol. The van der Waals surface area contributed by atoms with Gasteiger partial charge < -0.3 is 4.57 Å². The van der Waals surface area contributed by atoms with Crippen LogP contribution in [0.5, 0.6) is 0 Å². The summed E-state index contributed by atoms with van der Waals surface area (Å²) in [6.45, 7) is 1.94. The molecular formula is C12H12FN. The number of nitrogens with zero attached hydrogens (tertiary/aromatic N) is 1. The second kappa shape index (κ2) is 2.59. The summed E-state index contributed by atoms with van der Waals surface area (Å²) in [5, 5.41) is 0.752. The quantitative estimate of drug-likeness (QED) is 0.647. The van der Waals surface area contributed by atoms with Gasteiger partial charge in [-0.2, -0.15) is 0 Å². The lowest BCUT2D eigenvalue weighted by Crippen LogP contribution is -1.91. The molecule has 1 aliphatic carbocycles. The summed E-state index contributed by atoms with van der Waals surface area (Å²) in [5.74, 6) is -0.0978. The highest BCUT2D eigenvalue weighted by Crippen LogP contribution is 2.38. The van der Waals surface area contributed by atoms with Gasteiger partial charge in [-0.3, -0.25) is 0 Å². The van der Waals surface area contributed by atoms with Gasteiger partial charge in [0.05, 0.1) is 5.52 Å². The molecule has 3 rings (SSSR count). The van der Waals surface area contributed by atoms with Gasteiger partial charge in [0.2, 0.25) is 0 Å². The number of aryl methyl sites for hydroxylation is 1. The molecule has 1 nitrogen and oxygen atoms in total. The Morgan fingerprint density at radius 1 is 1.36 bits per heavy atom. The predicted molar refractivity (Wildman–Crippen MR) is 54.9 cm³/mol. The maximum Gasteiger partial charge on any atom is 0.132 e. The zero-order valence-corrected chi connectivity index (χ0v) is 8.13. The fourth-order valence-corrected chi connectivity index (χ4v) is 2.02. The minimum absolute atomic E-state index is 0.0978. The summed E-state index contributed by atoms with van der Waals surface area (Å²) < 4.78 is 15.7. The van der Waals surface area contributed by atoms with Crippen molar-refractivity contribution in [1.29, 1.82) is 0 Å². The van der Waals surface area contributed by atoms with Crippen LogP contribution in [0.15, 0.2) is 24.4 Å². The van der Waals surface area contributed by atoms with E-state index >= 15 is 0 Å².